The monoisotopic (exact) mass is 185 g/mol. The first kappa shape index (κ1) is 10.5. The predicted octanol–water partition coefficient (Wildman–Crippen LogP) is 1.33. The van der Waals surface area contributed by atoms with E-state index in [0.29, 0.717) is 13.2 Å². The van der Waals surface area contributed by atoms with Crippen molar-refractivity contribution < 1.29 is 9.53 Å². The highest BCUT2D eigenvalue weighted by atomic mass is 16.5. The molecule has 76 valence electrons. The van der Waals surface area contributed by atoms with Gasteiger partial charge in [0.25, 0.3) is 0 Å². The molecule has 3 heteroatoms. The van der Waals surface area contributed by atoms with Crippen molar-refractivity contribution >= 4 is 5.91 Å². The standard InChI is InChI=1S/C10H19NO2/c1-4-8(3)11-9(12)10(5-2)6-13-7-10/h8H,4-7H2,1-3H3,(H,11,12). The van der Waals surface area contributed by atoms with Gasteiger partial charge in [0, 0.05) is 6.04 Å². The van der Waals surface area contributed by atoms with Gasteiger partial charge in [-0.2, -0.15) is 0 Å². The van der Waals surface area contributed by atoms with Gasteiger partial charge < -0.3 is 10.1 Å². The molecular formula is C10H19NO2. The Labute approximate surface area is 79.8 Å². The number of ether oxygens (including phenoxy) is 1. The molecule has 0 radical (unpaired) electrons. The third-order valence-corrected chi connectivity index (χ3v) is 2.91. The Hall–Kier alpha value is -0.570. The molecular weight excluding hydrogens is 166 g/mol. The first-order valence-corrected chi connectivity index (χ1v) is 5.03. The van der Waals surface area contributed by atoms with Gasteiger partial charge in [0.15, 0.2) is 0 Å². The maximum atomic E-state index is 11.8. The van der Waals surface area contributed by atoms with Crippen molar-refractivity contribution in [3.8, 4) is 0 Å². The largest absolute Gasteiger partial charge is 0.379 e. The van der Waals surface area contributed by atoms with Crippen LogP contribution in [-0.4, -0.2) is 25.2 Å². The second kappa shape index (κ2) is 4.09. The van der Waals surface area contributed by atoms with Crippen LogP contribution in [0.1, 0.15) is 33.6 Å². The molecule has 1 aliphatic heterocycles. The lowest BCUT2D eigenvalue weighted by Crippen LogP contribution is -2.55. The molecule has 0 aromatic heterocycles. The van der Waals surface area contributed by atoms with Crippen LogP contribution in [0.25, 0.3) is 0 Å². The van der Waals surface area contributed by atoms with E-state index in [1.165, 1.54) is 0 Å². The van der Waals surface area contributed by atoms with Crippen LogP contribution in [0.2, 0.25) is 0 Å². The van der Waals surface area contributed by atoms with E-state index in [9.17, 15) is 4.79 Å². The Balaban J connectivity index is 2.46. The van der Waals surface area contributed by atoms with Gasteiger partial charge in [0.2, 0.25) is 5.91 Å². The third-order valence-electron chi connectivity index (χ3n) is 2.91. The van der Waals surface area contributed by atoms with E-state index in [-0.39, 0.29) is 17.4 Å². The van der Waals surface area contributed by atoms with Crippen LogP contribution in [-0.2, 0) is 9.53 Å². The molecule has 13 heavy (non-hydrogen) atoms. The molecule has 0 saturated carbocycles. The van der Waals surface area contributed by atoms with Gasteiger partial charge >= 0.3 is 0 Å². The molecule has 1 N–H and O–H groups in total. The molecule has 0 aliphatic carbocycles. The van der Waals surface area contributed by atoms with Crippen molar-refractivity contribution in [2.45, 2.75) is 39.7 Å². The van der Waals surface area contributed by atoms with E-state index in [4.69, 9.17) is 4.74 Å². The molecule has 1 heterocycles. The summed E-state index contributed by atoms with van der Waals surface area (Å²) in [6, 6.07) is 0.275. The Morgan fingerprint density at radius 1 is 1.54 bits per heavy atom. The van der Waals surface area contributed by atoms with Crippen molar-refractivity contribution in [3.63, 3.8) is 0 Å². The smallest absolute Gasteiger partial charge is 0.231 e. The summed E-state index contributed by atoms with van der Waals surface area (Å²) in [5.74, 6) is 0.163. The van der Waals surface area contributed by atoms with E-state index in [1.807, 2.05) is 13.8 Å². The number of hydrogen-bond donors (Lipinski definition) is 1. The minimum atomic E-state index is -0.219. The van der Waals surface area contributed by atoms with Gasteiger partial charge in [-0.05, 0) is 19.8 Å². The number of carbonyl (C=O) groups excluding carboxylic acids is 1. The average Bonchev–Trinajstić information content (AvgIpc) is 2.03. The van der Waals surface area contributed by atoms with E-state index in [2.05, 4.69) is 12.2 Å². The van der Waals surface area contributed by atoms with Gasteiger partial charge in [-0.25, -0.2) is 0 Å². The lowest BCUT2D eigenvalue weighted by molar-refractivity contribution is -0.162. The lowest BCUT2D eigenvalue weighted by Gasteiger charge is -2.39. The second-order valence-corrected chi connectivity index (χ2v) is 3.91. The Bertz CT molecular complexity index is 182. The van der Waals surface area contributed by atoms with Crippen LogP contribution in [0.4, 0.5) is 0 Å². The summed E-state index contributed by atoms with van der Waals surface area (Å²) >= 11 is 0. The van der Waals surface area contributed by atoms with Crippen molar-refractivity contribution in [1.82, 2.24) is 5.32 Å². The molecule has 1 amide bonds. The fourth-order valence-electron chi connectivity index (χ4n) is 1.32. The van der Waals surface area contributed by atoms with Crippen molar-refractivity contribution in [2.24, 2.45) is 5.41 Å². The molecule has 1 rings (SSSR count). The fourth-order valence-corrected chi connectivity index (χ4v) is 1.32. The van der Waals surface area contributed by atoms with Crippen LogP contribution < -0.4 is 5.32 Å². The van der Waals surface area contributed by atoms with Crippen LogP contribution >= 0.6 is 0 Å². The summed E-state index contributed by atoms with van der Waals surface area (Å²) in [5, 5.41) is 3.00. The zero-order chi connectivity index (χ0) is 9.90. The quantitative estimate of drug-likeness (QED) is 0.717. The fraction of sp³-hybridized carbons (Fsp3) is 0.900. The van der Waals surface area contributed by atoms with Gasteiger partial charge in [-0.15, -0.1) is 0 Å². The molecule has 3 nitrogen and oxygen atoms in total. The number of nitrogens with one attached hydrogen (secondary N) is 1. The van der Waals surface area contributed by atoms with E-state index in [1.54, 1.807) is 0 Å². The van der Waals surface area contributed by atoms with E-state index in [0.717, 1.165) is 12.8 Å². The highest BCUT2D eigenvalue weighted by Gasteiger charge is 2.44. The first-order chi connectivity index (χ1) is 6.14. The van der Waals surface area contributed by atoms with E-state index >= 15 is 0 Å². The maximum absolute atomic E-state index is 11.8. The molecule has 0 spiro atoms. The molecule has 0 aromatic carbocycles. The zero-order valence-electron chi connectivity index (χ0n) is 8.72. The summed E-state index contributed by atoms with van der Waals surface area (Å²) in [7, 11) is 0. The Morgan fingerprint density at radius 3 is 2.46 bits per heavy atom. The summed E-state index contributed by atoms with van der Waals surface area (Å²) < 4.78 is 5.10. The summed E-state index contributed by atoms with van der Waals surface area (Å²) in [4.78, 5) is 11.8. The summed E-state index contributed by atoms with van der Waals surface area (Å²) in [6.07, 6.45) is 1.85. The van der Waals surface area contributed by atoms with Gasteiger partial charge in [-0.1, -0.05) is 13.8 Å². The van der Waals surface area contributed by atoms with Crippen LogP contribution in [0.3, 0.4) is 0 Å². The molecule has 0 aromatic rings. The number of carbonyl (C=O) groups is 1. The average molecular weight is 185 g/mol. The molecule has 0 bridgehead atoms. The normalized spacial score (nSPS) is 21.8. The predicted molar refractivity (Wildman–Crippen MR) is 51.4 cm³/mol. The Kier molecular flexibility index (Phi) is 3.31. The summed E-state index contributed by atoms with van der Waals surface area (Å²) in [6.45, 7) is 7.32. The number of rotatable bonds is 4. The van der Waals surface area contributed by atoms with Gasteiger partial charge in [0.05, 0.1) is 18.6 Å². The van der Waals surface area contributed by atoms with Gasteiger partial charge in [0.1, 0.15) is 0 Å². The topological polar surface area (TPSA) is 38.3 Å². The van der Waals surface area contributed by atoms with Crippen molar-refractivity contribution in [3.05, 3.63) is 0 Å². The first-order valence-electron chi connectivity index (χ1n) is 5.03. The minimum absolute atomic E-state index is 0.163. The van der Waals surface area contributed by atoms with Gasteiger partial charge in [-0.3, -0.25) is 4.79 Å². The SMILES string of the molecule is CCC(C)NC(=O)C1(CC)COC1. The van der Waals surface area contributed by atoms with Crippen LogP contribution in [0, 0.1) is 5.41 Å². The maximum Gasteiger partial charge on any atom is 0.231 e. The molecule has 1 atom stereocenters. The molecule has 1 fully saturated rings. The molecule has 1 saturated heterocycles. The second-order valence-electron chi connectivity index (χ2n) is 3.91. The van der Waals surface area contributed by atoms with Crippen molar-refractivity contribution in [1.29, 1.82) is 0 Å². The van der Waals surface area contributed by atoms with Crippen LogP contribution in [0.5, 0.6) is 0 Å². The van der Waals surface area contributed by atoms with E-state index < -0.39 is 0 Å². The Morgan fingerprint density at radius 2 is 2.15 bits per heavy atom. The third kappa shape index (κ3) is 2.02. The minimum Gasteiger partial charge on any atom is -0.379 e. The highest BCUT2D eigenvalue weighted by molar-refractivity contribution is 5.83. The van der Waals surface area contributed by atoms with Crippen molar-refractivity contribution in [2.75, 3.05) is 13.2 Å². The molecule has 1 unspecified atom stereocenters. The summed E-state index contributed by atoms with van der Waals surface area (Å²) in [5.41, 5.74) is -0.219. The number of amides is 1. The number of hydrogen-bond acceptors (Lipinski definition) is 2. The zero-order valence-corrected chi connectivity index (χ0v) is 8.72. The highest BCUT2D eigenvalue weighted by Crippen LogP contribution is 2.31. The molecule has 1 aliphatic rings. The van der Waals surface area contributed by atoms with Crippen LogP contribution in [0.15, 0.2) is 0 Å². The lowest BCUT2D eigenvalue weighted by atomic mass is 9.82.